The predicted octanol–water partition coefficient (Wildman–Crippen LogP) is 4.08. The molecular weight excluding hydrogens is 288 g/mol. The highest BCUT2D eigenvalue weighted by Gasteiger charge is 2.09. The van der Waals surface area contributed by atoms with Crippen molar-refractivity contribution < 1.29 is 4.79 Å². The summed E-state index contributed by atoms with van der Waals surface area (Å²) in [5, 5.41) is 5.50. The van der Waals surface area contributed by atoms with Crippen LogP contribution >= 0.6 is 0 Å². The summed E-state index contributed by atoms with van der Waals surface area (Å²) in [6, 6.07) is 12.0. The maximum absolute atomic E-state index is 11.7. The Morgan fingerprint density at radius 2 is 2.00 bits per heavy atom. The molecule has 1 aromatic heterocycles. The van der Waals surface area contributed by atoms with Gasteiger partial charge in [0.05, 0.1) is 11.9 Å². The Kier molecular flexibility index (Phi) is 5.57. The summed E-state index contributed by atoms with van der Waals surface area (Å²) in [6.45, 7) is 8.85. The van der Waals surface area contributed by atoms with Gasteiger partial charge in [-0.1, -0.05) is 12.1 Å². The number of nitrogens with one attached hydrogen (secondary N) is 2. The van der Waals surface area contributed by atoms with E-state index >= 15 is 0 Å². The van der Waals surface area contributed by atoms with Gasteiger partial charge in [-0.25, -0.2) is 9.78 Å². The van der Waals surface area contributed by atoms with Gasteiger partial charge in [0.2, 0.25) is 0 Å². The van der Waals surface area contributed by atoms with E-state index in [1.54, 1.807) is 6.20 Å². The fourth-order valence-electron chi connectivity index (χ4n) is 2.34. The minimum atomic E-state index is -0.244. The number of carbonyl (C=O) groups is 1. The molecule has 0 aliphatic heterocycles. The van der Waals surface area contributed by atoms with Crippen LogP contribution in [0.5, 0.6) is 0 Å². The molecule has 5 nitrogen and oxygen atoms in total. The van der Waals surface area contributed by atoms with E-state index in [0.717, 1.165) is 17.9 Å². The van der Waals surface area contributed by atoms with Gasteiger partial charge in [0.1, 0.15) is 5.82 Å². The summed E-state index contributed by atoms with van der Waals surface area (Å²) in [4.78, 5) is 18.2. The molecule has 2 aromatic rings. The summed E-state index contributed by atoms with van der Waals surface area (Å²) in [5.41, 5.74) is 3.35. The van der Waals surface area contributed by atoms with E-state index in [2.05, 4.69) is 52.6 Å². The molecule has 0 aliphatic carbocycles. The van der Waals surface area contributed by atoms with Crippen molar-refractivity contribution in [2.75, 3.05) is 16.8 Å². The molecule has 2 amide bonds. The van der Waals surface area contributed by atoms with Gasteiger partial charge in [-0.15, -0.1) is 0 Å². The number of hydrogen-bond acceptors (Lipinski definition) is 3. The van der Waals surface area contributed by atoms with Crippen molar-refractivity contribution in [2.45, 2.75) is 33.7 Å². The van der Waals surface area contributed by atoms with Crippen LogP contribution in [0, 0.1) is 6.92 Å². The molecule has 1 heterocycles. The maximum Gasteiger partial charge on any atom is 0.320 e. The fraction of sp³-hybridized carbons (Fsp3) is 0.333. The van der Waals surface area contributed by atoms with Crippen molar-refractivity contribution in [3.63, 3.8) is 0 Å². The third kappa shape index (κ3) is 4.71. The highest BCUT2D eigenvalue weighted by Crippen LogP contribution is 2.25. The average molecular weight is 312 g/mol. The van der Waals surface area contributed by atoms with Gasteiger partial charge in [0.25, 0.3) is 0 Å². The lowest BCUT2D eigenvalue weighted by molar-refractivity contribution is 0.250. The van der Waals surface area contributed by atoms with Gasteiger partial charge >= 0.3 is 6.03 Å². The van der Waals surface area contributed by atoms with Crippen molar-refractivity contribution in [3.05, 3.63) is 48.2 Å². The van der Waals surface area contributed by atoms with E-state index in [9.17, 15) is 4.79 Å². The number of aromatic nitrogens is 1. The van der Waals surface area contributed by atoms with E-state index in [1.807, 2.05) is 32.0 Å². The lowest BCUT2D eigenvalue weighted by atomic mass is 10.2. The Balaban J connectivity index is 2.12. The molecule has 0 saturated heterocycles. The number of anilines is 3. The maximum atomic E-state index is 11.7. The molecule has 23 heavy (non-hydrogen) atoms. The van der Waals surface area contributed by atoms with Gasteiger partial charge < -0.3 is 10.2 Å². The van der Waals surface area contributed by atoms with Crippen LogP contribution in [0.15, 0.2) is 42.6 Å². The average Bonchev–Trinajstić information content (AvgIpc) is 2.49. The number of benzene rings is 1. The highest BCUT2D eigenvalue weighted by atomic mass is 16.2. The third-order valence-corrected chi connectivity index (χ3v) is 3.35. The van der Waals surface area contributed by atoms with Crippen LogP contribution in [-0.4, -0.2) is 23.6 Å². The fourth-order valence-corrected chi connectivity index (χ4v) is 2.34. The molecule has 0 atom stereocenters. The number of hydrogen-bond donors (Lipinski definition) is 2. The van der Waals surface area contributed by atoms with Gasteiger partial charge in [0, 0.05) is 18.3 Å². The van der Waals surface area contributed by atoms with Gasteiger partial charge in [-0.05, 0) is 57.5 Å². The molecule has 1 aromatic carbocycles. The molecule has 0 bridgehead atoms. The number of pyridine rings is 1. The zero-order valence-corrected chi connectivity index (χ0v) is 14.1. The van der Waals surface area contributed by atoms with Crippen LogP contribution in [0.3, 0.4) is 0 Å². The summed E-state index contributed by atoms with van der Waals surface area (Å²) in [5.74, 6) is 0.534. The Morgan fingerprint density at radius 1 is 1.22 bits per heavy atom. The zero-order valence-electron chi connectivity index (χ0n) is 14.1. The minimum Gasteiger partial charge on any atom is -0.341 e. The smallest absolute Gasteiger partial charge is 0.320 e. The molecule has 0 aliphatic rings. The first-order chi connectivity index (χ1) is 11.0. The normalized spacial score (nSPS) is 10.5. The number of rotatable bonds is 5. The summed E-state index contributed by atoms with van der Waals surface area (Å²) >= 11 is 0. The van der Waals surface area contributed by atoms with Crippen LogP contribution in [0.1, 0.15) is 26.3 Å². The summed E-state index contributed by atoms with van der Waals surface area (Å²) in [6.07, 6.45) is 1.77. The molecule has 0 fully saturated rings. The number of aryl methyl sites for hydroxylation is 1. The lowest BCUT2D eigenvalue weighted by Crippen LogP contribution is -2.34. The Bertz CT molecular complexity index is 652. The van der Waals surface area contributed by atoms with Crippen molar-refractivity contribution in [2.24, 2.45) is 0 Å². The standard InChI is InChI=1S/C18H24N4O/c1-5-22(15-8-6-7-14(4)11-15)16-9-10-17(19-12-16)21-18(23)20-13(2)3/h6-13H,5H2,1-4H3,(H2,19,20,21,23). The van der Waals surface area contributed by atoms with Gasteiger partial charge in [-0.2, -0.15) is 0 Å². The summed E-state index contributed by atoms with van der Waals surface area (Å²) in [7, 11) is 0. The van der Waals surface area contributed by atoms with Gasteiger partial charge in [-0.3, -0.25) is 5.32 Å². The van der Waals surface area contributed by atoms with E-state index < -0.39 is 0 Å². The minimum absolute atomic E-state index is 0.0891. The number of amides is 2. The van der Waals surface area contributed by atoms with E-state index in [0.29, 0.717) is 5.82 Å². The van der Waals surface area contributed by atoms with Crippen LogP contribution < -0.4 is 15.5 Å². The number of nitrogens with zero attached hydrogens (tertiary/aromatic N) is 2. The molecule has 122 valence electrons. The first kappa shape index (κ1) is 16.8. The van der Waals surface area contributed by atoms with Crippen LogP contribution in [0.25, 0.3) is 0 Å². The second-order valence-corrected chi connectivity index (χ2v) is 5.74. The Morgan fingerprint density at radius 3 is 2.57 bits per heavy atom. The largest absolute Gasteiger partial charge is 0.341 e. The zero-order chi connectivity index (χ0) is 16.8. The summed E-state index contributed by atoms with van der Waals surface area (Å²) < 4.78 is 0. The quantitative estimate of drug-likeness (QED) is 0.874. The van der Waals surface area contributed by atoms with Crippen LogP contribution in [0.2, 0.25) is 0 Å². The molecule has 5 heteroatoms. The van der Waals surface area contributed by atoms with Crippen molar-refractivity contribution in [1.29, 1.82) is 0 Å². The predicted molar refractivity (Wildman–Crippen MR) is 95.4 cm³/mol. The van der Waals surface area contributed by atoms with Crippen LogP contribution in [0.4, 0.5) is 22.0 Å². The molecule has 0 saturated carbocycles. The molecule has 0 spiro atoms. The first-order valence-corrected chi connectivity index (χ1v) is 7.87. The number of carbonyl (C=O) groups excluding carboxylic acids is 1. The van der Waals surface area contributed by atoms with Gasteiger partial charge in [0.15, 0.2) is 0 Å². The topological polar surface area (TPSA) is 57.3 Å². The highest BCUT2D eigenvalue weighted by molar-refractivity contribution is 5.88. The first-order valence-electron chi connectivity index (χ1n) is 7.87. The van der Waals surface area contributed by atoms with Crippen molar-refractivity contribution in [1.82, 2.24) is 10.3 Å². The van der Waals surface area contributed by atoms with E-state index in [-0.39, 0.29) is 12.1 Å². The monoisotopic (exact) mass is 312 g/mol. The van der Waals surface area contributed by atoms with Crippen molar-refractivity contribution >= 4 is 23.2 Å². The third-order valence-electron chi connectivity index (χ3n) is 3.35. The molecule has 2 N–H and O–H groups in total. The second kappa shape index (κ2) is 7.63. The SMILES string of the molecule is CCN(c1ccc(NC(=O)NC(C)C)nc1)c1cccc(C)c1. The van der Waals surface area contributed by atoms with Crippen molar-refractivity contribution in [3.8, 4) is 0 Å². The van der Waals surface area contributed by atoms with Crippen LogP contribution in [-0.2, 0) is 0 Å². The molecule has 2 rings (SSSR count). The lowest BCUT2D eigenvalue weighted by Gasteiger charge is -2.23. The Hall–Kier alpha value is -2.56. The van der Waals surface area contributed by atoms with E-state index in [1.165, 1.54) is 5.56 Å². The molecular formula is C18H24N4O. The second-order valence-electron chi connectivity index (χ2n) is 5.74. The number of urea groups is 1. The Labute approximate surface area is 137 Å². The molecule has 0 radical (unpaired) electrons. The van der Waals surface area contributed by atoms with E-state index in [4.69, 9.17) is 0 Å². The molecule has 0 unspecified atom stereocenters.